The molecule has 16 heavy (non-hydrogen) atoms. The fourth-order valence-electron chi connectivity index (χ4n) is 1.87. The van der Waals surface area contributed by atoms with Gasteiger partial charge in [-0.3, -0.25) is 4.79 Å². The number of hydrogen-bond acceptors (Lipinski definition) is 4. The predicted molar refractivity (Wildman–Crippen MR) is 64.1 cm³/mol. The maximum Gasteiger partial charge on any atom is 0.254 e. The van der Waals surface area contributed by atoms with Crippen molar-refractivity contribution in [2.24, 2.45) is 0 Å². The number of thioether (sulfide) groups is 1. The average molecular weight is 240 g/mol. The highest BCUT2D eigenvalue weighted by Crippen LogP contribution is 2.18. The van der Waals surface area contributed by atoms with Gasteiger partial charge in [0.05, 0.1) is 12.3 Å². The first-order valence-corrected chi connectivity index (χ1v) is 6.53. The summed E-state index contributed by atoms with van der Waals surface area (Å²) in [6.45, 7) is 0.672. The molecule has 0 aromatic carbocycles. The molecule has 4 nitrogen and oxygen atoms in total. The van der Waals surface area contributed by atoms with Crippen molar-refractivity contribution in [2.75, 3.05) is 19.5 Å². The van der Waals surface area contributed by atoms with Crippen LogP contribution in [-0.4, -0.2) is 29.4 Å². The average Bonchev–Trinajstić information content (AvgIpc) is 2.30. The molecule has 2 rings (SSSR count). The van der Waals surface area contributed by atoms with Crippen molar-refractivity contribution in [3.05, 3.63) is 21.6 Å². The quantitative estimate of drug-likeness (QED) is 0.491. The van der Waals surface area contributed by atoms with E-state index in [2.05, 4.69) is 9.97 Å². The number of nitrogens with zero attached hydrogens (tertiary/aromatic N) is 1. The molecular formula is C11H16N2O2S. The summed E-state index contributed by atoms with van der Waals surface area (Å²) >= 11 is 1.54. The van der Waals surface area contributed by atoms with Crippen LogP contribution in [0.25, 0.3) is 0 Å². The number of aryl methyl sites for hydroxylation is 1. The number of ether oxygens (including phenoxy) is 1. The Balaban J connectivity index is 2.15. The smallest absolute Gasteiger partial charge is 0.254 e. The van der Waals surface area contributed by atoms with Crippen LogP contribution < -0.4 is 5.56 Å². The number of methoxy groups -OCH3 is 1. The van der Waals surface area contributed by atoms with Crippen LogP contribution in [0.15, 0.2) is 9.95 Å². The largest absolute Gasteiger partial charge is 0.384 e. The van der Waals surface area contributed by atoms with Crippen molar-refractivity contribution in [3.63, 3.8) is 0 Å². The van der Waals surface area contributed by atoms with Crippen molar-refractivity contribution in [1.82, 2.24) is 9.97 Å². The molecule has 0 bridgehead atoms. The maximum atomic E-state index is 11.8. The second-order valence-corrected chi connectivity index (χ2v) is 4.93. The van der Waals surface area contributed by atoms with E-state index in [0.717, 1.165) is 47.8 Å². The van der Waals surface area contributed by atoms with Gasteiger partial charge in [0.15, 0.2) is 5.16 Å². The standard InChI is InChI=1S/C11H16N2O2S/c1-15-6-7-16-11-12-9-5-3-2-4-8(9)10(14)13-11/h2-7H2,1H3,(H,12,13,14). The normalized spacial score (nSPS) is 14.8. The summed E-state index contributed by atoms with van der Waals surface area (Å²) in [6, 6.07) is 0. The second kappa shape index (κ2) is 5.50. The Morgan fingerprint density at radius 2 is 2.25 bits per heavy atom. The van der Waals surface area contributed by atoms with Gasteiger partial charge in [-0.2, -0.15) is 0 Å². The van der Waals surface area contributed by atoms with E-state index in [-0.39, 0.29) is 5.56 Å². The zero-order valence-corrected chi connectivity index (χ0v) is 10.2. The SMILES string of the molecule is COCCSc1nc2c(c(=O)[nH]1)CCCC2. The summed E-state index contributed by atoms with van der Waals surface area (Å²) in [6.07, 6.45) is 4.07. The minimum Gasteiger partial charge on any atom is -0.384 e. The van der Waals surface area contributed by atoms with Crippen LogP contribution >= 0.6 is 11.8 Å². The molecule has 1 aromatic heterocycles. The third-order valence-corrected chi connectivity index (χ3v) is 3.53. The number of rotatable bonds is 4. The minimum absolute atomic E-state index is 0.0459. The summed E-state index contributed by atoms with van der Waals surface area (Å²) in [5, 5.41) is 0.725. The lowest BCUT2D eigenvalue weighted by molar-refractivity contribution is 0.218. The van der Waals surface area contributed by atoms with Crippen LogP contribution in [0.4, 0.5) is 0 Å². The molecule has 5 heteroatoms. The van der Waals surface area contributed by atoms with E-state index in [1.807, 2.05) is 0 Å². The highest BCUT2D eigenvalue weighted by atomic mass is 32.2. The van der Waals surface area contributed by atoms with Gasteiger partial charge in [-0.1, -0.05) is 11.8 Å². The van der Waals surface area contributed by atoms with Crippen molar-refractivity contribution < 1.29 is 4.74 Å². The molecule has 0 aliphatic heterocycles. The Bertz CT molecular complexity index is 417. The lowest BCUT2D eigenvalue weighted by Crippen LogP contribution is -2.21. The predicted octanol–water partition coefficient (Wildman–Crippen LogP) is 1.39. The Morgan fingerprint density at radius 3 is 3.06 bits per heavy atom. The molecule has 0 saturated carbocycles. The lowest BCUT2D eigenvalue weighted by Gasteiger charge is -2.14. The Morgan fingerprint density at radius 1 is 1.44 bits per heavy atom. The molecule has 88 valence electrons. The van der Waals surface area contributed by atoms with Crippen LogP contribution in [0, 0.1) is 0 Å². The molecular weight excluding hydrogens is 224 g/mol. The molecule has 1 heterocycles. The molecule has 0 spiro atoms. The van der Waals surface area contributed by atoms with Gasteiger partial charge >= 0.3 is 0 Å². The fourth-order valence-corrected chi connectivity index (χ4v) is 2.65. The number of nitrogens with one attached hydrogen (secondary N) is 1. The van der Waals surface area contributed by atoms with Gasteiger partial charge < -0.3 is 9.72 Å². The van der Waals surface area contributed by atoms with E-state index in [4.69, 9.17) is 4.74 Å². The topological polar surface area (TPSA) is 55.0 Å². The first-order valence-electron chi connectivity index (χ1n) is 5.55. The van der Waals surface area contributed by atoms with E-state index in [1.54, 1.807) is 18.9 Å². The third-order valence-electron chi connectivity index (χ3n) is 2.70. The van der Waals surface area contributed by atoms with Gasteiger partial charge in [0.1, 0.15) is 0 Å². The Labute approximate surface area is 98.8 Å². The maximum absolute atomic E-state index is 11.8. The molecule has 0 saturated heterocycles. The second-order valence-electron chi connectivity index (χ2n) is 3.84. The Kier molecular flexibility index (Phi) is 4.01. The summed E-state index contributed by atoms with van der Waals surface area (Å²) in [5.74, 6) is 0.818. The number of hydrogen-bond donors (Lipinski definition) is 1. The highest BCUT2D eigenvalue weighted by Gasteiger charge is 2.15. The van der Waals surface area contributed by atoms with Gasteiger partial charge in [0.25, 0.3) is 5.56 Å². The van der Waals surface area contributed by atoms with E-state index in [1.165, 1.54) is 0 Å². The third kappa shape index (κ3) is 2.65. The van der Waals surface area contributed by atoms with Gasteiger partial charge in [0, 0.05) is 18.4 Å². The van der Waals surface area contributed by atoms with E-state index in [9.17, 15) is 4.79 Å². The zero-order chi connectivity index (χ0) is 11.4. The molecule has 0 fully saturated rings. The molecule has 1 N–H and O–H groups in total. The van der Waals surface area contributed by atoms with Crippen LogP contribution in [0.3, 0.4) is 0 Å². The first kappa shape index (κ1) is 11.7. The molecule has 0 atom stereocenters. The molecule has 1 aliphatic carbocycles. The zero-order valence-electron chi connectivity index (χ0n) is 9.41. The molecule has 0 radical (unpaired) electrons. The first-order chi connectivity index (χ1) is 7.81. The molecule has 0 unspecified atom stereocenters. The van der Waals surface area contributed by atoms with Crippen LogP contribution in [0.1, 0.15) is 24.1 Å². The van der Waals surface area contributed by atoms with Crippen molar-refractivity contribution >= 4 is 11.8 Å². The van der Waals surface area contributed by atoms with Gasteiger partial charge in [-0.15, -0.1) is 0 Å². The summed E-state index contributed by atoms with van der Waals surface area (Å²) < 4.78 is 4.97. The van der Waals surface area contributed by atoms with Crippen LogP contribution in [0.2, 0.25) is 0 Å². The number of H-pyrrole nitrogens is 1. The van der Waals surface area contributed by atoms with Crippen molar-refractivity contribution in [3.8, 4) is 0 Å². The van der Waals surface area contributed by atoms with Crippen molar-refractivity contribution in [1.29, 1.82) is 0 Å². The summed E-state index contributed by atoms with van der Waals surface area (Å²) in [5.41, 5.74) is 1.93. The highest BCUT2D eigenvalue weighted by molar-refractivity contribution is 7.99. The fraction of sp³-hybridized carbons (Fsp3) is 0.636. The molecule has 0 amide bonds. The summed E-state index contributed by atoms with van der Waals surface area (Å²) in [7, 11) is 1.67. The lowest BCUT2D eigenvalue weighted by atomic mass is 9.97. The number of aromatic nitrogens is 2. The van der Waals surface area contributed by atoms with Gasteiger partial charge in [0.2, 0.25) is 0 Å². The van der Waals surface area contributed by atoms with E-state index < -0.39 is 0 Å². The summed E-state index contributed by atoms with van der Waals surface area (Å²) in [4.78, 5) is 19.1. The van der Waals surface area contributed by atoms with Gasteiger partial charge in [-0.25, -0.2) is 4.98 Å². The van der Waals surface area contributed by atoms with Crippen LogP contribution in [-0.2, 0) is 17.6 Å². The van der Waals surface area contributed by atoms with E-state index >= 15 is 0 Å². The molecule has 1 aliphatic rings. The minimum atomic E-state index is 0.0459. The van der Waals surface area contributed by atoms with Gasteiger partial charge in [-0.05, 0) is 25.7 Å². The van der Waals surface area contributed by atoms with Crippen molar-refractivity contribution in [2.45, 2.75) is 30.8 Å². The number of fused-ring (bicyclic) bond motifs is 1. The monoisotopic (exact) mass is 240 g/mol. The van der Waals surface area contributed by atoms with E-state index in [0.29, 0.717) is 6.61 Å². The molecule has 1 aromatic rings. The number of aromatic amines is 1. The Hall–Kier alpha value is -0.810. The van der Waals surface area contributed by atoms with Crippen LogP contribution in [0.5, 0.6) is 0 Å².